The van der Waals surface area contributed by atoms with Gasteiger partial charge in [-0.05, 0) is 39.0 Å². The van der Waals surface area contributed by atoms with E-state index in [1.807, 2.05) is 19.2 Å². The fourth-order valence-electron chi connectivity index (χ4n) is 1.56. The van der Waals surface area contributed by atoms with Gasteiger partial charge >= 0.3 is 0 Å². The average Bonchev–Trinajstić information content (AvgIpc) is 2.29. The van der Waals surface area contributed by atoms with Crippen LogP contribution in [0.1, 0.15) is 41.0 Å². The topological polar surface area (TPSA) is 41.6 Å². The molecule has 0 aliphatic carbocycles. The fourth-order valence-corrected chi connectivity index (χ4v) is 1.56. The molecule has 0 spiro atoms. The van der Waals surface area contributed by atoms with Crippen LogP contribution in [-0.4, -0.2) is 29.7 Å². The van der Waals surface area contributed by atoms with Gasteiger partial charge in [-0.2, -0.15) is 0 Å². The molecule has 3 nitrogen and oxygen atoms in total. The summed E-state index contributed by atoms with van der Waals surface area (Å²) in [4.78, 5) is 6.72. The fraction of sp³-hybridized carbons (Fsp3) is 0.667. The van der Waals surface area contributed by atoms with E-state index in [9.17, 15) is 0 Å². The quantitative estimate of drug-likeness (QED) is 0.673. The van der Waals surface area contributed by atoms with E-state index >= 15 is 0 Å². The second-order valence-corrected chi connectivity index (χ2v) is 5.03. The van der Waals surface area contributed by atoms with Crippen LogP contribution >= 0.6 is 0 Å². The SMILES string of the molecule is C=CN(CCC(C=C(N)C(C)C)=NCC)C(C)C. The second-order valence-electron chi connectivity index (χ2n) is 5.03. The Hall–Kier alpha value is -1.25. The molecule has 0 fully saturated rings. The summed E-state index contributed by atoms with van der Waals surface area (Å²) in [5.74, 6) is 0.368. The van der Waals surface area contributed by atoms with Gasteiger partial charge in [-0.15, -0.1) is 0 Å². The highest BCUT2D eigenvalue weighted by Crippen LogP contribution is 2.06. The Balaban J connectivity index is 4.61. The van der Waals surface area contributed by atoms with Gasteiger partial charge in [0, 0.05) is 37.0 Å². The van der Waals surface area contributed by atoms with Crippen molar-refractivity contribution >= 4 is 5.71 Å². The highest BCUT2D eigenvalue weighted by atomic mass is 15.1. The van der Waals surface area contributed by atoms with Crippen LogP contribution in [0.4, 0.5) is 0 Å². The monoisotopic (exact) mass is 251 g/mol. The summed E-state index contributed by atoms with van der Waals surface area (Å²) >= 11 is 0. The minimum Gasteiger partial charge on any atom is -0.402 e. The first-order valence-electron chi connectivity index (χ1n) is 6.81. The van der Waals surface area contributed by atoms with Crippen LogP contribution in [0, 0.1) is 5.92 Å². The van der Waals surface area contributed by atoms with Gasteiger partial charge in [-0.25, -0.2) is 0 Å². The van der Waals surface area contributed by atoms with Crippen LogP contribution in [-0.2, 0) is 0 Å². The van der Waals surface area contributed by atoms with Crippen LogP contribution in [0.2, 0.25) is 0 Å². The maximum Gasteiger partial charge on any atom is 0.0382 e. The zero-order chi connectivity index (χ0) is 14.1. The summed E-state index contributed by atoms with van der Waals surface area (Å²) in [7, 11) is 0. The molecule has 0 aliphatic rings. The van der Waals surface area contributed by atoms with Crippen LogP contribution in [0.15, 0.2) is 29.5 Å². The zero-order valence-corrected chi connectivity index (χ0v) is 12.6. The molecule has 0 bridgehead atoms. The predicted molar refractivity (Wildman–Crippen MR) is 81.7 cm³/mol. The molecule has 0 heterocycles. The maximum atomic E-state index is 5.99. The highest BCUT2D eigenvalue weighted by molar-refractivity contribution is 5.95. The van der Waals surface area contributed by atoms with Crippen molar-refractivity contribution in [2.75, 3.05) is 13.1 Å². The summed E-state index contributed by atoms with van der Waals surface area (Å²) in [6, 6.07) is 0.469. The van der Waals surface area contributed by atoms with Crippen LogP contribution in [0.5, 0.6) is 0 Å². The molecule has 3 heteroatoms. The first kappa shape index (κ1) is 16.8. The van der Waals surface area contributed by atoms with Gasteiger partial charge in [0.2, 0.25) is 0 Å². The number of allylic oxidation sites excluding steroid dienone is 2. The van der Waals surface area contributed by atoms with Crippen molar-refractivity contribution in [3.8, 4) is 0 Å². The first-order chi connectivity index (χ1) is 8.42. The minimum absolute atomic E-state index is 0.368. The van der Waals surface area contributed by atoms with E-state index in [1.54, 1.807) is 0 Å². The predicted octanol–water partition coefficient (Wildman–Crippen LogP) is 3.19. The van der Waals surface area contributed by atoms with Crippen molar-refractivity contribution < 1.29 is 0 Å². The molecule has 0 aromatic rings. The van der Waals surface area contributed by atoms with Gasteiger partial charge in [0.15, 0.2) is 0 Å². The molecule has 0 aromatic carbocycles. The Bertz CT molecular complexity index is 301. The van der Waals surface area contributed by atoms with E-state index < -0.39 is 0 Å². The molecule has 0 atom stereocenters. The van der Waals surface area contributed by atoms with Crippen molar-refractivity contribution in [3.05, 3.63) is 24.6 Å². The van der Waals surface area contributed by atoms with E-state index in [2.05, 4.69) is 44.2 Å². The Morgan fingerprint density at radius 2 is 1.94 bits per heavy atom. The molecule has 2 N–H and O–H groups in total. The molecular weight excluding hydrogens is 222 g/mol. The standard InChI is InChI=1S/C15H29N3/c1-7-17-14(11-15(16)12(3)4)9-10-18(8-2)13(5)6/h8,11-13H,2,7,9-10,16H2,1,3-6H3. The molecule has 0 saturated carbocycles. The first-order valence-corrected chi connectivity index (χ1v) is 6.81. The molecule has 0 rings (SSSR count). The van der Waals surface area contributed by atoms with E-state index in [0.29, 0.717) is 12.0 Å². The Kier molecular flexibility index (Phi) is 8.17. The Labute approximate surface area is 112 Å². The lowest BCUT2D eigenvalue weighted by Crippen LogP contribution is -2.27. The molecule has 0 radical (unpaired) electrons. The zero-order valence-electron chi connectivity index (χ0n) is 12.6. The number of nitrogens with two attached hydrogens (primary N) is 1. The van der Waals surface area contributed by atoms with Gasteiger partial charge in [0.1, 0.15) is 0 Å². The molecule has 104 valence electrons. The normalized spacial score (nSPS) is 13.3. The van der Waals surface area contributed by atoms with Gasteiger partial charge < -0.3 is 10.6 Å². The van der Waals surface area contributed by atoms with Crippen molar-refractivity contribution in [2.24, 2.45) is 16.6 Å². The van der Waals surface area contributed by atoms with E-state index in [4.69, 9.17) is 5.73 Å². The molecule has 0 aliphatic heterocycles. The summed E-state index contributed by atoms with van der Waals surface area (Å²) in [6.07, 6.45) is 4.82. The van der Waals surface area contributed by atoms with Crippen LogP contribution in [0.3, 0.4) is 0 Å². The summed E-state index contributed by atoms with van der Waals surface area (Å²) < 4.78 is 0. The summed E-state index contributed by atoms with van der Waals surface area (Å²) in [5, 5.41) is 0. The number of nitrogens with zero attached hydrogens (tertiary/aromatic N) is 2. The number of hydrogen-bond donors (Lipinski definition) is 1. The smallest absolute Gasteiger partial charge is 0.0382 e. The lowest BCUT2D eigenvalue weighted by molar-refractivity contribution is 0.321. The maximum absolute atomic E-state index is 5.99. The number of aliphatic imine (C=N–C) groups is 1. The molecule has 18 heavy (non-hydrogen) atoms. The highest BCUT2D eigenvalue weighted by Gasteiger charge is 2.06. The lowest BCUT2D eigenvalue weighted by Gasteiger charge is -2.24. The van der Waals surface area contributed by atoms with Gasteiger partial charge in [0.25, 0.3) is 0 Å². The van der Waals surface area contributed by atoms with Crippen LogP contribution in [0.25, 0.3) is 0 Å². The third-order valence-electron chi connectivity index (χ3n) is 2.89. The van der Waals surface area contributed by atoms with Crippen molar-refractivity contribution in [1.82, 2.24) is 4.90 Å². The van der Waals surface area contributed by atoms with E-state index in [-0.39, 0.29) is 0 Å². The Morgan fingerprint density at radius 3 is 2.33 bits per heavy atom. The third-order valence-corrected chi connectivity index (χ3v) is 2.89. The molecule has 0 aromatic heterocycles. The number of rotatable bonds is 8. The molecule has 0 saturated heterocycles. The lowest BCUT2D eigenvalue weighted by atomic mass is 10.1. The van der Waals surface area contributed by atoms with Gasteiger partial charge in [-0.3, -0.25) is 4.99 Å². The van der Waals surface area contributed by atoms with E-state index in [0.717, 1.165) is 30.9 Å². The minimum atomic E-state index is 0.368. The Morgan fingerprint density at radius 1 is 1.33 bits per heavy atom. The molecule has 0 unspecified atom stereocenters. The van der Waals surface area contributed by atoms with Gasteiger partial charge in [-0.1, -0.05) is 20.4 Å². The largest absolute Gasteiger partial charge is 0.402 e. The van der Waals surface area contributed by atoms with Crippen molar-refractivity contribution in [3.63, 3.8) is 0 Å². The summed E-state index contributed by atoms with van der Waals surface area (Å²) in [6.45, 7) is 16.1. The number of hydrogen-bond acceptors (Lipinski definition) is 3. The molecular formula is C15H29N3. The molecule has 0 amide bonds. The third kappa shape index (κ3) is 6.48. The summed E-state index contributed by atoms with van der Waals surface area (Å²) in [5.41, 5.74) is 7.97. The van der Waals surface area contributed by atoms with Crippen molar-refractivity contribution in [1.29, 1.82) is 0 Å². The van der Waals surface area contributed by atoms with E-state index in [1.165, 1.54) is 0 Å². The van der Waals surface area contributed by atoms with Crippen LogP contribution < -0.4 is 5.73 Å². The second kappa shape index (κ2) is 8.78. The average molecular weight is 251 g/mol. The van der Waals surface area contributed by atoms with Crippen molar-refractivity contribution in [2.45, 2.75) is 47.1 Å². The van der Waals surface area contributed by atoms with Gasteiger partial charge in [0.05, 0.1) is 0 Å².